The van der Waals surface area contributed by atoms with Crippen molar-refractivity contribution in [1.82, 2.24) is 20.4 Å². The predicted molar refractivity (Wildman–Crippen MR) is 57.5 cm³/mol. The molecule has 0 aliphatic carbocycles. The second kappa shape index (κ2) is 5.03. The lowest BCUT2D eigenvalue weighted by molar-refractivity contribution is 0.0944. The molecule has 0 aliphatic heterocycles. The standard InChI is InChI=1S/C9H10N6O2/c10-14-8-5-11-7(4-12-8)9(16)13-3-6-1-2-17-15-6/h1-2,4-5H,3,10H2,(H,12,14)(H,13,16). The minimum absolute atomic E-state index is 0.201. The first kappa shape index (κ1) is 11.0. The Hall–Kier alpha value is -2.48. The largest absolute Gasteiger partial charge is 0.364 e. The van der Waals surface area contributed by atoms with E-state index in [4.69, 9.17) is 5.84 Å². The van der Waals surface area contributed by atoms with Crippen LogP contribution in [0.5, 0.6) is 0 Å². The fourth-order valence-electron chi connectivity index (χ4n) is 1.11. The van der Waals surface area contributed by atoms with Crippen molar-refractivity contribution in [2.24, 2.45) is 5.84 Å². The highest BCUT2D eigenvalue weighted by atomic mass is 16.5. The number of aromatic nitrogens is 3. The van der Waals surface area contributed by atoms with Gasteiger partial charge in [0.05, 0.1) is 18.9 Å². The molecule has 2 aromatic rings. The first-order valence-electron chi connectivity index (χ1n) is 4.75. The molecule has 0 aromatic carbocycles. The number of anilines is 1. The number of nitrogens with one attached hydrogen (secondary N) is 2. The fraction of sp³-hybridized carbons (Fsp3) is 0.111. The first-order chi connectivity index (χ1) is 8.29. The van der Waals surface area contributed by atoms with E-state index in [1.807, 2.05) is 0 Å². The van der Waals surface area contributed by atoms with E-state index in [1.165, 1.54) is 18.7 Å². The van der Waals surface area contributed by atoms with Crippen LogP contribution in [0, 0.1) is 0 Å². The number of hydrogen-bond donors (Lipinski definition) is 3. The third kappa shape index (κ3) is 2.75. The van der Waals surface area contributed by atoms with Crippen LogP contribution in [0.3, 0.4) is 0 Å². The molecule has 0 fully saturated rings. The maximum absolute atomic E-state index is 11.6. The van der Waals surface area contributed by atoms with Crippen molar-refractivity contribution >= 4 is 11.7 Å². The van der Waals surface area contributed by atoms with E-state index in [2.05, 4.69) is 30.4 Å². The van der Waals surface area contributed by atoms with Gasteiger partial charge in [0.25, 0.3) is 5.91 Å². The summed E-state index contributed by atoms with van der Waals surface area (Å²) in [7, 11) is 0. The number of amides is 1. The van der Waals surface area contributed by atoms with Crippen LogP contribution < -0.4 is 16.6 Å². The summed E-state index contributed by atoms with van der Waals surface area (Å²) in [5.74, 6) is 5.17. The van der Waals surface area contributed by atoms with Gasteiger partial charge in [0, 0.05) is 6.07 Å². The monoisotopic (exact) mass is 234 g/mol. The lowest BCUT2D eigenvalue weighted by atomic mass is 10.4. The van der Waals surface area contributed by atoms with Gasteiger partial charge in [-0.3, -0.25) is 4.79 Å². The summed E-state index contributed by atoms with van der Waals surface area (Å²) in [6.07, 6.45) is 4.13. The van der Waals surface area contributed by atoms with Crippen LogP contribution in [0.15, 0.2) is 29.2 Å². The molecule has 0 radical (unpaired) electrons. The van der Waals surface area contributed by atoms with Gasteiger partial charge in [-0.15, -0.1) is 0 Å². The number of hydrogen-bond acceptors (Lipinski definition) is 7. The zero-order chi connectivity index (χ0) is 12.1. The maximum Gasteiger partial charge on any atom is 0.271 e. The number of nitrogens with two attached hydrogens (primary N) is 1. The van der Waals surface area contributed by atoms with E-state index >= 15 is 0 Å². The van der Waals surface area contributed by atoms with Gasteiger partial charge in [-0.25, -0.2) is 15.8 Å². The van der Waals surface area contributed by atoms with Gasteiger partial charge in [0.15, 0.2) is 5.82 Å². The molecule has 0 unspecified atom stereocenters. The Balaban J connectivity index is 1.95. The highest BCUT2D eigenvalue weighted by molar-refractivity contribution is 5.91. The Morgan fingerprint density at radius 2 is 2.29 bits per heavy atom. The molecule has 0 atom stereocenters. The van der Waals surface area contributed by atoms with Gasteiger partial charge in [0.2, 0.25) is 0 Å². The van der Waals surface area contributed by atoms with Crippen LogP contribution in [0.25, 0.3) is 0 Å². The topological polar surface area (TPSA) is 119 Å². The Kier molecular flexibility index (Phi) is 3.26. The van der Waals surface area contributed by atoms with Gasteiger partial charge in [-0.2, -0.15) is 0 Å². The van der Waals surface area contributed by atoms with E-state index in [9.17, 15) is 4.79 Å². The molecule has 0 aliphatic rings. The summed E-state index contributed by atoms with van der Waals surface area (Å²) in [5, 5.41) is 6.28. The molecule has 0 saturated carbocycles. The lowest BCUT2D eigenvalue weighted by Gasteiger charge is -2.02. The number of carbonyl (C=O) groups excluding carboxylic acids is 1. The molecule has 1 amide bonds. The molecule has 2 heterocycles. The Morgan fingerprint density at radius 3 is 2.88 bits per heavy atom. The van der Waals surface area contributed by atoms with Crippen LogP contribution in [0.2, 0.25) is 0 Å². The summed E-state index contributed by atoms with van der Waals surface area (Å²) in [4.78, 5) is 19.4. The average molecular weight is 234 g/mol. The van der Waals surface area contributed by atoms with Gasteiger partial charge in [-0.05, 0) is 0 Å². The van der Waals surface area contributed by atoms with Crippen molar-refractivity contribution in [3.63, 3.8) is 0 Å². The molecule has 0 bridgehead atoms. The number of carbonyl (C=O) groups is 1. The summed E-state index contributed by atoms with van der Waals surface area (Å²) in [6, 6.07) is 1.66. The van der Waals surface area contributed by atoms with Gasteiger partial charge in [0.1, 0.15) is 17.7 Å². The molecule has 17 heavy (non-hydrogen) atoms. The zero-order valence-corrected chi connectivity index (χ0v) is 8.75. The van der Waals surface area contributed by atoms with Crippen LogP contribution in [0.4, 0.5) is 5.82 Å². The molecule has 0 spiro atoms. The number of nitrogens with zero attached hydrogens (tertiary/aromatic N) is 3. The molecule has 8 nitrogen and oxygen atoms in total. The van der Waals surface area contributed by atoms with Crippen molar-refractivity contribution in [1.29, 1.82) is 0 Å². The molecule has 2 rings (SSSR count). The summed E-state index contributed by atoms with van der Waals surface area (Å²) >= 11 is 0. The molecular formula is C9H10N6O2. The SMILES string of the molecule is NNc1cnc(C(=O)NCc2ccon2)cn1. The second-order valence-electron chi connectivity index (χ2n) is 3.10. The predicted octanol–water partition coefficient (Wildman–Crippen LogP) is -0.320. The zero-order valence-electron chi connectivity index (χ0n) is 8.75. The normalized spacial score (nSPS) is 9.94. The second-order valence-corrected chi connectivity index (χ2v) is 3.10. The van der Waals surface area contributed by atoms with Crippen LogP contribution in [-0.4, -0.2) is 21.0 Å². The third-order valence-electron chi connectivity index (χ3n) is 1.95. The van der Waals surface area contributed by atoms with Crippen LogP contribution >= 0.6 is 0 Å². The summed E-state index contributed by atoms with van der Waals surface area (Å²) in [6.45, 7) is 0.272. The van der Waals surface area contributed by atoms with E-state index in [-0.39, 0.29) is 18.1 Å². The van der Waals surface area contributed by atoms with E-state index in [0.29, 0.717) is 11.5 Å². The average Bonchev–Trinajstić information content (AvgIpc) is 2.89. The smallest absolute Gasteiger partial charge is 0.271 e. The molecule has 88 valence electrons. The van der Waals surface area contributed by atoms with Gasteiger partial charge >= 0.3 is 0 Å². The highest BCUT2D eigenvalue weighted by Gasteiger charge is 2.08. The number of rotatable bonds is 4. The molecular weight excluding hydrogens is 224 g/mol. The van der Waals surface area contributed by atoms with E-state index in [0.717, 1.165) is 0 Å². The van der Waals surface area contributed by atoms with Crippen molar-refractivity contribution in [3.8, 4) is 0 Å². The Morgan fingerprint density at radius 1 is 1.41 bits per heavy atom. The molecule has 0 saturated heterocycles. The number of hydrazine groups is 1. The minimum atomic E-state index is -0.343. The lowest BCUT2D eigenvalue weighted by Crippen LogP contribution is -2.24. The molecule has 2 aromatic heterocycles. The molecule has 8 heteroatoms. The van der Waals surface area contributed by atoms with E-state index < -0.39 is 0 Å². The van der Waals surface area contributed by atoms with Crippen LogP contribution in [0.1, 0.15) is 16.2 Å². The van der Waals surface area contributed by atoms with Crippen molar-refractivity contribution in [2.75, 3.05) is 5.43 Å². The Labute approximate surface area is 96.2 Å². The van der Waals surface area contributed by atoms with Gasteiger partial charge < -0.3 is 15.3 Å². The minimum Gasteiger partial charge on any atom is -0.364 e. The third-order valence-corrected chi connectivity index (χ3v) is 1.95. The van der Waals surface area contributed by atoms with Crippen LogP contribution in [-0.2, 0) is 6.54 Å². The Bertz CT molecular complexity index is 481. The van der Waals surface area contributed by atoms with Crippen molar-refractivity contribution in [2.45, 2.75) is 6.54 Å². The molecule has 4 N–H and O–H groups in total. The quantitative estimate of drug-likeness (QED) is 0.490. The number of nitrogen functional groups attached to an aromatic ring is 1. The van der Waals surface area contributed by atoms with Crippen molar-refractivity contribution in [3.05, 3.63) is 36.1 Å². The van der Waals surface area contributed by atoms with Gasteiger partial charge in [-0.1, -0.05) is 5.16 Å². The summed E-state index contributed by atoms with van der Waals surface area (Å²) in [5.41, 5.74) is 3.15. The van der Waals surface area contributed by atoms with Crippen molar-refractivity contribution < 1.29 is 9.32 Å². The highest BCUT2D eigenvalue weighted by Crippen LogP contribution is 1.99. The first-order valence-corrected chi connectivity index (χ1v) is 4.75. The fourth-order valence-corrected chi connectivity index (χ4v) is 1.11. The summed E-state index contributed by atoms with van der Waals surface area (Å²) < 4.78 is 4.63. The maximum atomic E-state index is 11.6. The van der Waals surface area contributed by atoms with E-state index in [1.54, 1.807) is 6.07 Å².